The Balaban J connectivity index is 1.27. The van der Waals surface area contributed by atoms with E-state index >= 15 is 0 Å². The molecule has 4 rings (SSSR count). The SMILES string of the molecule is O=S(=O)(c1ccc(F)cc1)N1CCC(NOCc2nc3ccccc3[nH]2)CC1. The summed E-state index contributed by atoms with van der Waals surface area (Å²) in [5.41, 5.74) is 4.85. The van der Waals surface area contributed by atoms with Crippen molar-refractivity contribution in [2.24, 2.45) is 0 Å². The number of hydroxylamine groups is 1. The number of piperidine rings is 1. The van der Waals surface area contributed by atoms with Gasteiger partial charge in [0.15, 0.2) is 0 Å². The Morgan fingerprint density at radius 1 is 1.14 bits per heavy atom. The maximum Gasteiger partial charge on any atom is 0.243 e. The van der Waals surface area contributed by atoms with Gasteiger partial charge in [0.1, 0.15) is 18.2 Å². The number of nitrogens with zero attached hydrogens (tertiary/aromatic N) is 2. The summed E-state index contributed by atoms with van der Waals surface area (Å²) in [4.78, 5) is 13.3. The van der Waals surface area contributed by atoms with Gasteiger partial charge in [0.05, 0.1) is 15.9 Å². The smallest absolute Gasteiger partial charge is 0.243 e. The summed E-state index contributed by atoms with van der Waals surface area (Å²) in [5, 5.41) is 0. The van der Waals surface area contributed by atoms with Crippen molar-refractivity contribution in [2.45, 2.75) is 30.4 Å². The molecular weight excluding hydrogens is 383 g/mol. The Labute approximate surface area is 162 Å². The fourth-order valence-electron chi connectivity index (χ4n) is 3.27. The molecule has 1 fully saturated rings. The van der Waals surface area contributed by atoms with Crippen LogP contribution in [0.3, 0.4) is 0 Å². The normalized spacial score (nSPS) is 16.6. The summed E-state index contributed by atoms with van der Waals surface area (Å²) in [7, 11) is -3.60. The largest absolute Gasteiger partial charge is 0.340 e. The minimum Gasteiger partial charge on any atom is -0.340 e. The summed E-state index contributed by atoms with van der Waals surface area (Å²) < 4.78 is 39.7. The lowest BCUT2D eigenvalue weighted by Gasteiger charge is -2.31. The number of sulfonamides is 1. The molecule has 2 N–H and O–H groups in total. The molecule has 1 aliphatic rings. The van der Waals surface area contributed by atoms with Crippen LogP contribution in [0.15, 0.2) is 53.4 Å². The topological polar surface area (TPSA) is 87.3 Å². The van der Waals surface area contributed by atoms with Crippen LogP contribution in [-0.2, 0) is 21.5 Å². The second kappa shape index (κ2) is 7.96. The van der Waals surface area contributed by atoms with E-state index in [9.17, 15) is 12.8 Å². The van der Waals surface area contributed by atoms with Crippen LogP contribution in [0.25, 0.3) is 11.0 Å². The van der Waals surface area contributed by atoms with Gasteiger partial charge >= 0.3 is 0 Å². The molecule has 2 aromatic carbocycles. The van der Waals surface area contributed by atoms with Crippen molar-refractivity contribution < 1.29 is 17.6 Å². The monoisotopic (exact) mass is 404 g/mol. The maximum atomic E-state index is 13.0. The van der Waals surface area contributed by atoms with E-state index in [0.717, 1.165) is 29.0 Å². The Bertz CT molecular complexity index is 1010. The molecule has 0 aliphatic carbocycles. The number of benzene rings is 2. The molecule has 0 saturated carbocycles. The highest BCUT2D eigenvalue weighted by Gasteiger charge is 2.29. The molecule has 0 radical (unpaired) electrons. The predicted molar refractivity (Wildman–Crippen MR) is 102 cm³/mol. The van der Waals surface area contributed by atoms with E-state index in [1.54, 1.807) is 0 Å². The van der Waals surface area contributed by atoms with E-state index in [0.29, 0.717) is 32.5 Å². The van der Waals surface area contributed by atoms with Crippen molar-refractivity contribution in [3.63, 3.8) is 0 Å². The van der Waals surface area contributed by atoms with Gasteiger partial charge in [0.2, 0.25) is 10.0 Å². The van der Waals surface area contributed by atoms with Crippen LogP contribution in [0.2, 0.25) is 0 Å². The number of aromatic nitrogens is 2. The third-order valence-corrected chi connectivity index (χ3v) is 6.72. The Hall–Kier alpha value is -2.33. The zero-order valence-corrected chi connectivity index (χ0v) is 16.0. The quantitative estimate of drug-likeness (QED) is 0.617. The van der Waals surface area contributed by atoms with Gasteiger partial charge in [0, 0.05) is 19.1 Å². The van der Waals surface area contributed by atoms with Crippen LogP contribution in [0.4, 0.5) is 4.39 Å². The molecule has 0 unspecified atom stereocenters. The van der Waals surface area contributed by atoms with Crippen molar-refractivity contribution in [1.82, 2.24) is 19.8 Å². The highest BCUT2D eigenvalue weighted by atomic mass is 32.2. The lowest BCUT2D eigenvalue weighted by atomic mass is 10.1. The van der Waals surface area contributed by atoms with Crippen molar-refractivity contribution in [3.8, 4) is 0 Å². The number of nitrogens with one attached hydrogen (secondary N) is 2. The van der Waals surface area contributed by atoms with Gasteiger partial charge in [0.25, 0.3) is 0 Å². The van der Waals surface area contributed by atoms with Crippen LogP contribution in [0.1, 0.15) is 18.7 Å². The van der Waals surface area contributed by atoms with E-state index in [-0.39, 0.29) is 10.9 Å². The second-order valence-corrected chi connectivity index (χ2v) is 8.68. The lowest BCUT2D eigenvalue weighted by Crippen LogP contribution is -2.44. The van der Waals surface area contributed by atoms with Crippen molar-refractivity contribution in [2.75, 3.05) is 13.1 Å². The molecule has 7 nitrogen and oxygen atoms in total. The van der Waals surface area contributed by atoms with Crippen LogP contribution < -0.4 is 5.48 Å². The zero-order chi connectivity index (χ0) is 19.6. The first-order valence-corrected chi connectivity index (χ1v) is 10.5. The predicted octanol–water partition coefficient (Wildman–Crippen LogP) is 2.58. The molecule has 1 saturated heterocycles. The van der Waals surface area contributed by atoms with Crippen LogP contribution in [-0.4, -0.2) is 41.8 Å². The highest BCUT2D eigenvalue weighted by Crippen LogP contribution is 2.21. The van der Waals surface area contributed by atoms with Gasteiger partial charge in [-0.1, -0.05) is 12.1 Å². The van der Waals surface area contributed by atoms with E-state index in [2.05, 4.69) is 15.4 Å². The summed E-state index contributed by atoms with van der Waals surface area (Å²) >= 11 is 0. The molecule has 28 heavy (non-hydrogen) atoms. The summed E-state index contributed by atoms with van der Waals surface area (Å²) in [6, 6.07) is 12.7. The average Bonchev–Trinajstić information content (AvgIpc) is 3.11. The molecule has 9 heteroatoms. The first kappa shape index (κ1) is 19.0. The van der Waals surface area contributed by atoms with Crippen molar-refractivity contribution in [1.29, 1.82) is 0 Å². The molecule has 0 atom stereocenters. The number of rotatable bonds is 6. The Morgan fingerprint density at radius 3 is 2.57 bits per heavy atom. The standard InChI is InChI=1S/C19H21FN4O3S/c20-14-5-7-16(8-6-14)28(25,26)24-11-9-15(10-12-24)23-27-13-19-21-17-3-1-2-4-18(17)22-19/h1-8,15,23H,9-13H2,(H,21,22). The number of para-hydroxylation sites is 2. The molecule has 0 bridgehead atoms. The first-order valence-electron chi connectivity index (χ1n) is 9.09. The number of halogens is 1. The van der Waals surface area contributed by atoms with Gasteiger partial charge in [-0.05, 0) is 49.2 Å². The molecule has 2 heterocycles. The number of fused-ring (bicyclic) bond motifs is 1. The fraction of sp³-hybridized carbons (Fsp3) is 0.316. The first-order chi connectivity index (χ1) is 13.5. The zero-order valence-electron chi connectivity index (χ0n) is 15.1. The number of hydrogen-bond acceptors (Lipinski definition) is 5. The van der Waals surface area contributed by atoms with E-state index in [1.165, 1.54) is 16.4 Å². The lowest BCUT2D eigenvalue weighted by molar-refractivity contribution is -0.00960. The van der Waals surface area contributed by atoms with Gasteiger partial charge in [-0.25, -0.2) is 17.8 Å². The summed E-state index contributed by atoms with van der Waals surface area (Å²) in [6.07, 6.45) is 1.25. The average molecular weight is 404 g/mol. The third-order valence-electron chi connectivity index (χ3n) is 4.80. The number of H-pyrrole nitrogens is 1. The van der Waals surface area contributed by atoms with Crippen LogP contribution in [0.5, 0.6) is 0 Å². The van der Waals surface area contributed by atoms with E-state index in [4.69, 9.17) is 4.84 Å². The molecule has 3 aromatic rings. The van der Waals surface area contributed by atoms with Crippen LogP contribution >= 0.6 is 0 Å². The minimum atomic E-state index is -3.60. The van der Waals surface area contributed by atoms with Crippen molar-refractivity contribution >= 4 is 21.1 Å². The number of aromatic amines is 1. The minimum absolute atomic E-state index is 0.0593. The highest BCUT2D eigenvalue weighted by molar-refractivity contribution is 7.89. The van der Waals surface area contributed by atoms with E-state index < -0.39 is 15.8 Å². The molecule has 1 aromatic heterocycles. The Morgan fingerprint density at radius 2 is 1.86 bits per heavy atom. The van der Waals surface area contributed by atoms with Gasteiger partial charge < -0.3 is 4.98 Å². The summed E-state index contributed by atoms with van der Waals surface area (Å²) in [5.74, 6) is 0.272. The number of imidazole rings is 1. The van der Waals surface area contributed by atoms with Gasteiger partial charge in [-0.15, -0.1) is 0 Å². The molecule has 1 aliphatic heterocycles. The van der Waals surface area contributed by atoms with E-state index in [1.807, 2.05) is 24.3 Å². The van der Waals surface area contributed by atoms with Gasteiger partial charge in [-0.2, -0.15) is 9.79 Å². The molecular formula is C19H21FN4O3S. The molecule has 0 spiro atoms. The maximum absolute atomic E-state index is 13.0. The Kier molecular flexibility index (Phi) is 5.40. The molecule has 0 amide bonds. The van der Waals surface area contributed by atoms with Crippen LogP contribution in [0, 0.1) is 5.82 Å². The molecule has 148 valence electrons. The fourth-order valence-corrected chi connectivity index (χ4v) is 4.74. The summed E-state index contributed by atoms with van der Waals surface area (Å²) in [6.45, 7) is 1.06. The van der Waals surface area contributed by atoms with Crippen molar-refractivity contribution in [3.05, 3.63) is 60.2 Å². The number of hydrogen-bond donors (Lipinski definition) is 2. The third kappa shape index (κ3) is 4.07. The second-order valence-electron chi connectivity index (χ2n) is 6.74. The van der Waals surface area contributed by atoms with Gasteiger partial charge in [-0.3, -0.25) is 4.84 Å².